The maximum Gasteiger partial charge on any atom is 0.206 e. The Hall–Kier alpha value is 1.36. The Labute approximate surface area is 96.7 Å². The topological polar surface area (TPSA) is 18.5 Å². The van der Waals surface area contributed by atoms with Crippen molar-refractivity contribution in [2.75, 3.05) is 13.2 Å². The van der Waals surface area contributed by atoms with E-state index in [1.54, 1.807) is 0 Å². The molecule has 0 aromatic rings. The fourth-order valence-electron chi connectivity index (χ4n) is 1.67. The lowest BCUT2D eigenvalue weighted by Crippen LogP contribution is -2.47. The highest BCUT2D eigenvalue weighted by Crippen LogP contribution is 2.55. The van der Waals surface area contributed by atoms with E-state index in [-0.39, 0.29) is 8.06 Å². The van der Waals surface area contributed by atoms with E-state index >= 15 is 0 Å². The lowest BCUT2D eigenvalue weighted by Gasteiger charge is -2.34. The number of rotatable bonds is 0. The second-order valence-electron chi connectivity index (χ2n) is 3.08. The van der Waals surface area contributed by atoms with Gasteiger partial charge in [-0.15, -0.1) is 0 Å². The summed E-state index contributed by atoms with van der Waals surface area (Å²) in [5.74, 6) is -0.507. The smallest absolute Gasteiger partial charge is 0.206 e. The van der Waals surface area contributed by atoms with Gasteiger partial charge in [0, 0.05) is 6.42 Å². The third kappa shape index (κ3) is 1.24. The van der Waals surface area contributed by atoms with E-state index in [0.717, 1.165) is 26.1 Å². The molecule has 2 atom stereocenters. The Morgan fingerprint density at radius 1 is 1.17 bits per heavy atom. The van der Waals surface area contributed by atoms with Gasteiger partial charge in [-0.3, -0.25) is 0 Å². The largest absolute Gasteiger partial charge is 0.347 e. The van der Waals surface area contributed by atoms with Gasteiger partial charge < -0.3 is 9.47 Å². The molecule has 0 bridgehead atoms. The van der Waals surface area contributed by atoms with Crippen LogP contribution in [-0.4, -0.2) is 27.1 Å². The second-order valence-corrected chi connectivity index (χ2v) is 7.95. The number of ether oxygens (including phenoxy) is 2. The highest BCUT2D eigenvalue weighted by Gasteiger charge is 2.61. The van der Waals surface area contributed by atoms with Crippen molar-refractivity contribution >= 4 is 47.8 Å². The minimum absolute atomic E-state index is 0.225. The lowest BCUT2D eigenvalue weighted by molar-refractivity contribution is -0.174. The van der Waals surface area contributed by atoms with Crippen LogP contribution < -0.4 is 0 Å². The second kappa shape index (κ2) is 3.19. The van der Waals surface area contributed by atoms with E-state index in [1.165, 1.54) is 0 Å². The summed E-state index contributed by atoms with van der Waals surface area (Å²) in [6.07, 6.45) is 1.92. The normalized spacial score (nSPS) is 45.8. The maximum atomic E-state index is 5.67. The van der Waals surface area contributed by atoms with E-state index in [0.29, 0.717) is 0 Å². The van der Waals surface area contributed by atoms with Gasteiger partial charge >= 0.3 is 0 Å². The van der Waals surface area contributed by atoms with Crippen molar-refractivity contribution in [2.45, 2.75) is 26.7 Å². The summed E-state index contributed by atoms with van der Waals surface area (Å²) < 4.78 is 11.1. The third-order valence-corrected chi connectivity index (χ3v) is 5.30. The zero-order chi connectivity index (χ0) is 8.82. The fraction of sp³-hybridized carbons (Fsp3) is 1.00. The van der Waals surface area contributed by atoms with E-state index < -0.39 is 5.79 Å². The summed E-state index contributed by atoms with van der Waals surface area (Å²) in [6, 6.07) is 0. The van der Waals surface area contributed by atoms with Gasteiger partial charge in [0.25, 0.3) is 0 Å². The van der Waals surface area contributed by atoms with Gasteiger partial charge in [-0.2, -0.15) is 0 Å². The first-order valence-corrected chi connectivity index (χ1v) is 6.38. The molecule has 5 heteroatoms. The summed E-state index contributed by atoms with van der Waals surface area (Å²) in [7, 11) is 0. The van der Waals surface area contributed by atoms with Crippen molar-refractivity contribution < 1.29 is 9.47 Å². The van der Waals surface area contributed by atoms with Gasteiger partial charge in [-0.1, -0.05) is 47.8 Å². The Morgan fingerprint density at radius 2 is 1.83 bits per heavy atom. The Kier molecular flexibility index (Phi) is 2.63. The van der Waals surface area contributed by atoms with Crippen molar-refractivity contribution in [3.05, 3.63) is 0 Å². The van der Waals surface area contributed by atoms with Crippen LogP contribution in [0.3, 0.4) is 0 Å². The summed E-state index contributed by atoms with van der Waals surface area (Å²) in [6.45, 7) is 1.49. The number of halogens is 3. The highest BCUT2D eigenvalue weighted by molar-refractivity contribution is 9.25. The van der Waals surface area contributed by atoms with Gasteiger partial charge in [0.1, 0.15) is 3.23 Å². The Bertz CT molecular complexity index is 193. The van der Waals surface area contributed by atoms with Gasteiger partial charge in [-0.25, -0.2) is 0 Å². The monoisotopic (exact) mass is 362 g/mol. The molecule has 2 fully saturated rings. The van der Waals surface area contributed by atoms with E-state index in [2.05, 4.69) is 47.8 Å². The van der Waals surface area contributed by atoms with Crippen LogP contribution in [0.25, 0.3) is 0 Å². The maximum absolute atomic E-state index is 5.67. The molecule has 2 rings (SSSR count). The van der Waals surface area contributed by atoms with Crippen LogP contribution >= 0.6 is 47.8 Å². The van der Waals surface area contributed by atoms with Crippen molar-refractivity contribution in [3.63, 3.8) is 0 Å². The molecule has 0 N–H and O–H groups in total. The van der Waals surface area contributed by atoms with Crippen LogP contribution in [0.4, 0.5) is 0 Å². The molecule has 0 radical (unpaired) electrons. The molecule has 12 heavy (non-hydrogen) atoms. The van der Waals surface area contributed by atoms with Crippen molar-refractivity contribution in [2.24, 2.45) is 0 Å². The van der Waals surface area contributed by atoms with Crippen LogP contribution in [0.5, 0.6) is 0 Å². The minimum atomic E-state index is -0.507. The van der Waals surface area contributed by atoms with Crippen molar-refractivity contribution in [1.29, 1.82) is 0 Å². The molecular weight excluding hydrogens is 356 g/mol. The molecule has 70 valence electrons. The van der Waals surface area contributed by atoms with Crippen molar-refractivity contribution in [1.82, 2.24) is 0 Å². The number of hydrogen-bond acceptors (Lipinski definition) is 2. The first kappa shape index (κ1) is 9.90. The Morgan fingerprint density at radius 3 is 2.25 bits per heavy atom. The quantitative estimate of drug-likeness (QED) is 0.615. The summed E-state index contributed by atoms with van der Waals surface area (Å²) in [5, 5.41) is 0. The molecule has 0 unspecified atom stereocenters. The zero-order valence-electron chi connectivity index (χ0n) is 6.36. The summed E-state index contributed by atoms with van der Waals surface area (Å²) in [4.78, 5) is 0.270. The van der Waals surface area contributed by atoms with Gasteiger partial charge in [-0.05, 0) is 6.42 Å². The minimum Gasteiger partial charge on any atom is -0.347 e. The molecule has 2 aliphatic heterocycles. The zero-order valence-corrected chi connectivity index (χ0v) is 11.1. The highest BCUT2D eigenvalue weighted by atomic mass is 79.9. The lowest BCUT2D eigenvalue weighted by atomic mass is 10.1. The first-order valence-electron chi connectivity index (χ1n) is 3.88. The standard InChI is InChI=1S/C7H9Br3O2/c8-5-1-3-11-7(5)6(9,10)2-4-12-7/h5H,1-4H2/t5-,7-/m1/s1. The SMILES string of the molecule is Br[C@@H]1CCO[C@@]12OCCC2(Br)Br. The molecule has 0 aromatic carbocycles. The van der Waals surface area contributed by atoms with Crippen LogP contribution in [0, 0.1) is 0 Å². The summed E-state index contributed by atoms with van der Waals surface area (Å²) in [5.41, 5.74) is 0. The van der Waals surface area contributed by atoms with Gasteiger partial charge in [0.15, 0.2) is 0 Å². The molecule has 2 saturated heterocycles. The van der Waals surface area contributed by atoms with Gasteiger partial charge in [0.05, 0.1) is 18.0 Å². The van der Waals surface area contributed by atoms with Crippen LogP contribution in [0.15, 0.2) is 0 Å². The molecule has 0 aliphatic carbocycles. The summed E-state index contributed by atoms with van der Waals surface area (Å²) >= 11 is 10.8. The van der Waals surface area contributed by atoms with Crippen LogP contribution in [0.2, 0.25) is 0 Å². The predicted molar refractivity (Wildman–Crippen MR) is 57.2 cm³/mol. The first-order chi connectivity index (χ1) is 5.58. The van der Waals surface area contributed by atoms with E-state index in [9.17, 15) is 0 Å². The fourth-order valence-corrected chi connectivity index (χ4v) is 4.46. The molecule has 2 aliphatic rings. The molecule has 0 amide bonds. The molecule has 0 aromatic heterocycles. The van der Waals surface area contributed by atoms with E-state index in [4.69, 9.17) is 9.47 Å². The number of hydrogen-bond donors (Lipinski definition) is 0. The predicted octanol–water partition coefficient (Wildman–Crippen LogP) is 2.77. The van der Waals surface area contributed by atoms with Gasteiger partial charge in [0.2, 0.25) is 5.79 Å². The third-order valence-electron chi connectivity index (χ3n) is 2.34. The number of alkyl halides is 3. The van der Waals surface area contributed by atoms with E-state index in [1.807, 2.05) is 0 Å². The van der Waals surface area contributed by atoms with Crippen LogP contribution in [0.1, 0.15) is 12.8 Å². The molecule has 2 heterocycles. The average molecular weight is 365 g/mol. The molecule has 2 nitrogen and oxygen atoms in total. The van der Waals surface area contributed by atoms with Crippen molar-refractivity contribution in [3.8, 4) is 0 Å². The molecular formula is C7H9Br3O2. The average Bonchev–Trinajstić information content (AvgIpc) is 2.45. The van der Waals surface area contributed by atoms with Crippen LogP contribution in [-0.2, 0) is 9.47 Å². The molecule has 0 saturated carbocycles. The Balaban J connectivity index is 2.29. The molecule has 1 spiro atoms.